The molecule has 0 radical (unpaired) electrons. The molecule has 6 rings (SSSR count). The molecule has 4 aromatic rings. The van der Waals surface area contributed by atoms with Crippen LogP contribution in [-0.2, 0) is 6.54 Å². The van der Waals surface area contributed by atoms with E-state index in [2.05, 4.69) is 37.3 Å². The molecular weight excluding hydrogens is 428 g/mol. The summed E-state index contributed by atoms with van der Waals surface area (Å²) in [7, 11) is 0. The fourth-order valence-electron chi connectivity index (χ4n) is 4.84. The molecule has 2 amide bonds. The molecule has 2 aliphatic rings. The normalized spacial score (nSPS) is 14.4. The first-order valence-corrected chi connectivity index (χ1v) is 11.2. The molecule has 168 valence electrons. The summed E-state index contributed by atoms with van der Waals surface area (Å²) in [4.78, 5) is 24.4. The van der Waals surface area contributed by atoms with E-state index >= 15 is 0 Å². The molecule has 0 spiro atoms. The lowest BCUT2D eigenvalue weighted by atomic mass is 10.1. The number of aromatic nitrogens is 3. The van der Waals surface area contributed by atoms with Gasteiger partial charge in [0.05, 0.1) is 24.6 Å². The highest BCUT2D eigenvalue weighted by atomic mass is 16.3. The van der Waals surface area contributed by atoms with Gasteiger partial charge in [-0.05, 0) is 35.4 Å². The molecule has 0 aliphatic carbocycles. The SMILES string of the molecule is [C-]#[N+]c1ccc(-c2cc3n(c2)Cc2cc(N4CCN(CCO)C4=O)ccc2-n2ccnc2-3)cc1. The summed E-state index contributed by atoms with van der Waals surface area (Å²) >= 11 is 0. The van der Waals surface area contributed by atoms with E-state index in [1.165, 1.54) is 0 Å². The molecule has 1 fully saturated rings. The third-order valence-electron chi connectivity index (χ3n) is 6.54. The van der Waals surface area contributed by atoms with Crippen molar-refractivity contribution in [3.8, 4) is 28.3 Å². The first-order chi connectivity index (χ1) is 16.7. The predicted molar refractivity (Wildman–Crippen MR) is 129 cm³/mol. The monoisotopic (exact) mass is 450 g/mol. The van der Waals surface area contributed by atoms with Crippen LogP contribution in [0, 0.1) is 6.57 Å². The molecule has 34 heavy (non-hydrogen) atoms. The lowest BCUT2D eigenvalue weighted by Crippen LogP contribution is -2.33. The lowest BCUT2D eigenvalue weighted by Gasteiger charge is -2.20. The van der Waals surface area contributed by atoms with Gasteiger partial charge < -0.3 is 14.6 Å². The molecule has 0 unspecified atom stereocenters. The Hall–Kier alpha value is -4.35. The average Bonchev–Trinajstić information content (AvgIpc) is 3.57. The summed E-state index contributed by atoms with van der Waals surface area (Å²) in [5.41, 5.74) is 6.74. The molecule has 2 aliphatic heterocycles. The van der Waals surface area contributed by atoms with E-state index in [-0.39, 0.29) is 12.6 Å². The standard InChI is InChI=1S/C26H22N6O2/c1-27-21-4-2-18(3-5-21)19-15-24-25-28-8-9-32(25)23-7-6-22(14-20(23)17-30(24)16-19)31-11-10-29(12-13-33)26(31)34/h2-9,14-16,33H,10-13,17H2. The van der Waals surface area contributed by atoms with Crippen molar-refractivity contribution < 1.29 is 9.90 Å². The predicted octanol–water partition coefficient (Wildman–Crippen LogP) is 4.15. The molecular formula is C26H22N6O2. The molecule has 4 heterocycles. The van der Waals surface area contributed by atoms with Gasteiger partial charge in [0, 0.05) is 56.0 Å². The highest BCUT2D eigenvalue weighted by molar-refractivity contribution is 5.94. The minimum absolute atomic E-state index is 0.0352. The maximum absolute atomic E-state index is 12.8. The van der Waals surface area contributed by atoms with Gasteiger partial charge in [0.25, 0.3) is 0 Å². The number of hydrogen-bond donors (Lipinski definition) is 1. The zero-order valence-corrected chi connectivity index (χ0v) is 18.4. The number of amides is 2. The van der Waals surface area contributed by atoms with Crippen LogP contribution in [0.4, 0.5) is 16.2 Å². The minimum Gasteiger partial charge on any atom is -0.395 e. The number of aliphatic hydroxyl groups excluding tert-OH is 1. The van der Waals surface area contributed by atoms with Crippen molar-refractivity contribution in [3.05, 3.63) is 84.1 Å². The van der Waals surface area contributed by atoms with Crippen LogP contribution in [-0.4, -0.2) is 56.4 Å². The first kappa shape index (κ1) is 20.3. The number of aliphatic hydroxyl groups is 1. The lowest BCUT2D eigenvalue weighted by molar-refractivity contribution is 0.199. The Kier molecular flexibility index (Phi) is 4.71. The fraction of sp³-hybridized carbons (Fsp3) is 0.192. The number of hydrogen-bond acceptors (Lipinski definition) is 3. The van der Waals surface area contributed by atoms with E-state index in [1.807, 2.05) is 42.6 Å². The van der Waals surface area contributed by atoms with Crippen LogP contribution in [0.1, 0.15) is 5.56 Å². The largest absolute Gasteiger partial charge is 0.395 e. The maximum Gasteiger partial charge on any atom is 0.324 e. The summed E-state index contributed by atoms with van der Waals surface area (Å²) in [5.74, 6) is 0.863. The van der Waals surface area contributed by atoms with Gasteiger partial charge in [0.15, 0.2) is 11.5 Å². The van der Waals surface area contributed by atoms with E-state index in [4.69, 9.17) is 6.57 Å². The van der Waals surface area contributed by atoms with Crippen LogP contribution in [0.3, 0.4) is 0 Å². The quantitative estimate of drug-likeness (QED) is 0.418. The number of urea groups is 1. The van der Waals surface area contributed by atoms with Crippen LogP contribution in [0.15, 0.2) is 67.1 Å². The minimum atomic E-state index is -0.0715. The van der Waals surface area contributed by atoms with Crippen LogP contribution in [0.2, 0.25) is 0 Å². The highest BCUT2D eigenvalue weighted by Crippen LogP contribution is 2.36. The number of carbonyl (C=O) groups excluding carboxylic acids is 1. The second-order valence-electron chi connectivity index (χ2n) is 8.48. The number of anilines is 1. The Balaban J connectivity index is 1.40. The molecule has 8 nitrogen and oxygen atoms in total. The van der Waals surface area contributed by atoms with Crippen LogP contribution >= 0.6 is 0 Å². The molecule has 2 aromatic heterocycles. The third-order valence-corrected chi connectivity index (χ3v) is 6.54. The molecule has 0 bridgehead atoms. The summed E-state index contributed by atoms with van der Waals surface area (Å²) in [6, 6.07) is 15.8. The number of fused-ring (bicyclic) bond motifs is 5. The Morgan fingerprint density at radius 2 is 1.91 bits per heavy atom. The van der Waals surface area contributed by atoms with Crippen molar-refractivity contribution in [2.45, 2.75) is 6.54 Å². The number of benzene rings is 2. The van der Waals surface area contributed by atoms with Crippen LogP contribution in [0.5, 0.6) is 0 Å². The Morgan fingerprint density at radius 1 is 1.06 bits per heavy atom. The number of imidazole rings is 1. The Labute approximate surface area is 196 Å². The van der Waals surface area contributed by atoms with Gasteiger partial charge in [-0.15, -0.1) is 0 Å². The van der Waals surface area contributed by atoms with Gasteiger partial charge in [-0.1, -0.05) is 24.3 Å². The van der Waals surface area contributed by atoms with Gasteiger partial charge in [-0.25, -0.2) is 14.6 Å². The van der Waals surface area contributed by atoms with Crippen molar-refractivity contribution in [3.63, 3.8) is 0 Å². The summed E-state index contributed by atoms with van der Waals surface area (Å²) < 4.78 is 4.28. The topological polar surface area (TPSA) is 70.9 Å². The van der Waals surface area contributed by atoms with Gasteiger partial charge in [-0.2, -0.15) is 0 Å². The molecule has 0 atom stereocenters. The second kappa shape index (κ2) is 7.90. The van der Waals surface area contributed by atoms with E-state index in [1.54, 1.807) is 16.0 Å². The summed E-state index contributed by atoms with van der Waals surface area (Å²) in [5, 5.41) is 9.23. The van der Waals surface area contributed by atoms with Crippen LogP contribution in [0.25, 0.3) is 33.2 Å². The van der Waals surface area contributed by atoms with Crippen molar-refractivity contribution in [2.75, 3.05) is 31.1 Å². The van der Waals surface area contributed by atoms with E-state index in [9.17, 15) is 9.90 Å². The Morgan fingerprint density at radius 3 is 2.71 bits per heavy atom. The van der Waals surface area contributed by atoms with Gasteiger partial charge in [0.1, 0.15) is 0 Å². The van der Waals surface area contributed by atoms with E-state index in [0.717, 1.165) is 39.6 Å². The second-order valence-corrected chi connectivity index (χ2v) is 8.48. The number of rotatable bonds is 4. The van der Waals surface area contributed by atoms with Crippen molar-refractivity contribution in [1.29, 1.82) is 0 Å². The number of carbonyl (C=O) groups is 1. The number of β-amino-alcohol motifs (C(OH)–C–C–N with tert-alkyl or cyclic N) is 1. The van der Waals surface area contributed by atoms with E-state index < -0.39 is 0 Å². The molecule has 8 heteroatoms. The van der Waals surface area contributed by atoms with Crippen molar-refractivity contribution in [1.82, 2.24) is 19.0 Å². The van der Waals surface area contributed by atoms with E-state index in [0.29, 0.717) is 31.9 Å². The summed E-state index contributed by atoms with van der Waals surface area (Å²) in [6.45, 7) is 9.35. The Bertz CT molecular complexity index is 1440. The van der Waals surface area contributed by atoms with Gasteiger partial charge in [0.2, 0.25) is 0 Å². The van der Waals surface area contributed by atoms with Gasteiger partial charge in [-0.3, -0.25) is 9.47 Å². The first-order valence-electron chi connectivity index (χ1n) is 11.2. The zero-order chi connectivity index (χ0) is 23.2. The van der Waals surface area contributed by atoms with Crippen LogP contribution < -0.4 is 4.90 Å². The zero-order valence-electron chi connectivity index (χ0n) is 18.4. The molecule has 0 saturated carbocycles. The van der Waals surface area contributed by atoms with Crippen molar-refractivity contribution >= 4 is 17.4 Å². The van der Waals surface area contributed by atoms with Crippen molar-refractivity contribution in [2.24, 2.45) is 0 Å². The summed E-state index contributed by atoms with van der Waals surface area (Å²) in [6.07, 6.45) is 5.88. The molecule has 2 aromatic carbocycles. The maximum atomic E-state index is 12.8. The number of nitrogens with zero attached hydrogens (tertiary/aromatic N) is 6. The molecule has 1 saturated heterocycles. The highest BCUT2D eigenvalue weighted by Gasteiger charge is 2.30. The smallest absolute Gasteiger partial charge is 0.324 e. The van der Waals surface area contributed by atoms with Gasteiger partial charge >= 0.3 is 6.03 Å². The molecule has 1 N–H and O–H groups in total. The third kappa shape index (κ3) is 3.17. The average molecular weight is 451 g/mol. The fourth-order valence-corrected chi connectivity index (χ4v) is 4.84.